The monoisotopic (exact) mass is 165 g/mol. The molecule has 3 nitrogen and oxygen atoms in total. The van der Waals surface area contributed by atoms with Crippen LogP contribution in [0.3, 0.4) is 0 Å². The second kappa shape index (κ2) is 2.39. The van der Waals surface area contributed by atoms with Crippen LogP contribution < -0.4 is 0 Å². The zero-order valence-corrected chi connectivity index (χ0v) is 6.39. The summed E-state index contributed by atoms with van der Waals surface area (Å²) in [7, 11) is 0. The quantitative estimate of drug-likeness (QED) is 0.648. The number of nitrogens with one attached hydrogen (secondary N) is 1. The molecule has 0 spiro atoms. The van der Waals surface area contributed by atoms with Crippen molar-refractivity contribution in [2.75, 3.05) is 0 Å². The summed E-state index contributed by atoms with van der Waals surface area (Å²) in [6.07, 6.45) is 0. The minimum absolute atomic E-state index is 0.378. The highest BCUT2D eigenvalue weighted by Gasteiger charge is 2.11. The van der Waals surface area contributed by atoms with Gasteiger partial charge >= 0.3 is 16.8 Å². The van der Waals surface area contributed by atoms with E-state index in [1.165, 1.54) is 0 Å². The van der Waals surface area contributed by atoms with Crippen LogP contribution in [-0.2, 0) is 15.9 Å². The lowest BCUT2D eigenvalue weighted by Crippen LogP contribution is -1.72. The van der Waals surface area contributed by atoms with Gasteiger partial charge in [-0.25, -0.2) is 0 Å². The molecule has 0 saturated carbocycles. The second-order valence-corrected chi connectivity index (χ2v) is 2.70. The van der Waals surface area contributed by atoms with Crippen LogP contribution in [0, 0.1) is 0 Å². The molecule has 4 heteroatoms. The third kappa shape index (κ3) is 1.01. The predicted molar refractivity (Wildman–Crippen MR) is 42.4 cm³/mol. The zero-order valence-electron chi connectivity index (χ0n) is 5.57. The van der Waals surface area contributed by atoms with Crippen LogP contribution in [-0.4, -0.2) is 9.97 Å². The van der Waals surface area contributed by atoms with E-state index in [4.69, 9.17) is 0 Å². The van der Waals surface area contributed by atoms with Gasteiger partial charge in [-0.2, -0.15) is 4.98 Å². The number of imidazole rings is 1. The van der Waals surface area contributed by atoms with Gasteiger partial charge in [0.2, 0.25) is 0 Å². The fraction of sp³-hybridized carbons (Fsp3) is 0. The zero-order chi connectivity index (χ0) is 7.68. The number of aromatic nitrogens is 2. The summed E-state index contributed by atoms with van der Waals surface area (Å²) in [4.78, 5) is 6.91. The molecule has 1 aromatic heterocycles. The molecule has 0 amide bonds. The van der Waals surface area contributed by atoms with Crippen LogP contribution in [0.5, 0.6) is 0 Å². The molecule has 0 aliphatic rings. The first-order valence-corrected chi connectivity index (χ1v) is 3.89. The first-order chi connectivity index (χ1) is 5.40. The number of hydrogen-bond donors (Lipinski definition) is 1. The molecule has 2 aromatic rings. The van der Waals surface area contributed by atoms with Gasteiger partial charge in [0.05, 0.1) is 11.0 Å². The Morgan fingerprint density at radius 1 is 1.36 bits per heavy atom. The van der Waals surface area contributed by atoms with Gasteiger partial charge in [-0.05, 0) is 12.1 Å². The molecule has 0 unspecified atom stereocenters. The van der Waals surface area contributed by atoms with E-state index in [0.29, 0.717) is 16.8 Å². The standard InChI is InChI=1S/C7H5N2OS/c10-11-7-8-5-3-1-2-4-6(5)9-7/h1-4H,(H,8,9)/q+1. The Morgan fingerprint density at radius 3 is 2.91 bits per heavy atom. The number of para-hydroxylation sites is 2. The van der Waals surface area contributed by atoms with Gasteiger partial charge in [-0.1, -0.05) is 12.1 Å². The van der Waals surface area contributed by atoms with Crippen molar-refractivity contribution in [3.63, 3.8) is 0 Å². The van der Waals surface area contributed by atoms with Gasteiger partial charge in [-0.15, -0.1) is 0 Å². The predicted octanol–water partition coefficient (Wildman–Crippen LogP) is 1.35. The minimum atomic E-state index is 0.378. The average Bonchev–Trinajstić information content (AvgIpc) is 2.46. The summed E-state index contributed by atoms with van der Waals surface area (Å²) >= 11 is 0.378. The van der Waals surface area contributed by atoms with Gasteiger partial charge in [0.1, 0.15) is 0 Å². The van der Waals surface area contributed by atoms with Crippen LogP contribution in [0.4, 0.5) is 0 Å². The summed E-state index contributed by atoms with van der Waals surface area (Å²) < 4.78 is 10.3. The minimum Gasteiger partial charge on any atom is -0.285 e. The molecule has 54 valence electrons. The normalized spacial score (nSPS) is 10.2. The molecule has 1 aromatic carbocycles. The van der Waals surface area contributed by atoms with Crippen molar-refractivity contribution < 1.29 is 4.21 Å². The van der Waals surface area contributed by atoms with E-state index in [-0.39, 0.29) is 0 Å². The van der Waals surface area contributed by atoms with E-state index in [0.717, 1.165) is 11.0 Å². The maximum absolute atomic E-state index is 10.3. The first kappa shape index (κ1) is 6.42. The largest absolute Gasteiger partial charge is 0.548 e. The summed E-state index contributed by atoms with van der Waals surface area (Å²) in [5, 5.41) is 0.422. The fourth-order valence-corrected chi connectivity index (χ4v) is 1.26. The highest BCUT2D eigenvalue weighted by Crippen LogP contribution is 2.09. The second-order valence-electron chi connectivity index (χ2n) is 2.14. The number of benzene rings is 1. The van der Waals surface area contributed by atoms with Crippen molar-refractivity contribution in [2.24, 2.45) is 0 Å². The number of nitrogens with zero attached hydrogens (tertiary/aromatic N) is 1. The van der Waals surface area contributed by atoms with E-state index >= 15 is 0 Å². The molecule has 0 radical (unpaired) electrons. The lowest BCUT2D eigenvalue weighted by molar-refractivity contribution is 0.602. The van der Waals surface area contributed by atoms with E-state index in [2.05, 4.69) is 9.97 Å². The lowest BCUT2D eigenvalue weighted by atomic mass is 10.3. The Balaban J connectivity index is 2.78. The van der Waals surface area contributed by atoms with Crippen molar-refractivity contribution in [3.05, 3.63) is 24.3 Å². The van der Waals surface area contributed by atoms with Crippen LogP contribution in [0.1, 0.15) is 0 Å². The van der Waals surface area contributed by atoms with Gasteiger partial charge in [0.25, 0.3) is 0 Å². The fourth-order valence-electron chi connectivity index (χ4n) is 0.969. The van der Waals surface area contributed by atoms with E-state index in [1.807, 2.05) is 24.3 Å². The van der Waals surface area contributed by atoms with Crippen LogP contribution in [0.15, 0.2) is 29.4 Å². The first-order valence-electron chi connectivity index (χ1n) is 3.15. The summed E-state index contributed by atoms with van der Waals surface area (Å²) in [5.74, 6) is 0. The summed E-state index contributed by atoms with van der Waals surface area (Å²) in [5.41, 5.74) is 1.75. The van der Waals surface area contributed by atoms with Gasteiger partial charge in [0, 0.05) is 4.21 Å². The van der Waals surface area contributed by atoms with Crippen molar-refractivity contribution >= 4 is 22.7 Å². The molecular weight excluding hydrogens is 160 g/mol. The number of rotatable bonds is 1. The Morgan fingerprint density at radius 2 is 2.18 bits per heavy atom. The molecule has 0 bridgehead atoms. The van der Waals surface area contributed by atoms with E-state index in [1.54, 1.807) is 0 Å². The maximum atomic E-state index is 10.3. The van der Waals surface area contributed by atoms with Gasteiger partial charge in [-0.3, -0.25) is 4.98 Å². The highest BCUT2D eigenvalue weighted by molar-refractivity contribution is 7.65. The van der Waals surface area contributed by atoms with Crippen molar-refractivity contribution in [2.45, 2.75) is 5.16 Å². The molecule has 2 rings (SSSR count). The van der Waals surface area contributed by atoms with Crippen LogP contribution >= 0.6 is 0 Å². The van der Waals surface area contributed by atoms with Crippen molar-refractivity contribution in [1.82, 2.24) is 9.97 Å². The molecule has 0 saturated heterocycles. The third-order valence-electron chi connectivity index (χ3n) is 1.45. The van der Waals surface area contributed by atoms with E-state index < -0.39 is 0 Å². The Hall–Kier alpha value is -1.29. The molecule has 0 aliphatic carbocycles. The topological polar surface area (TPSA) is 45.8 Å². The average molecular weight is 165 g/mol. The number of H-pyrrole nitrogens is 1. The molecule has 1 N–H and O–H groups in total. The lowest BCUT2D eigenvalue weighted by Gasteiger charge is -1.80. The van der Waals surface area contributed by atoms with Gasteiger partial charge < -0.3 is 0 Å². The Kier molecular flexibility index (Phi) is 1.40. The smallest absolute Gasteiger partial charge is 0.285 e. The summed E-state index contributed by atoms with van der Waals surface area (Å²) in [6, 6.07) is 7.55. The molecule has 0 atom stereocenters. The Bertz CT molecular complexity index is 363. The Labute approximate surface area is 66.9 Å². The van der Waals surface area contributed by atoms with E-state index in [9.17, 15) is 4.21 Å². The maximum Gasteiger partial charge on any atom is 0.548 e. The molecular formula is C7H5N2OS+. The SMILES string of the molecule is O=[S+]c1nc2ccccc2[nH]1. The third-order valence-corrected chi connectivity index (χ3v) is 1.80. The summed E-state index contributed by atoms with van der Waals surface area (Å²) in [6.45, 7) is 0. The number of hydrogen-bond acceptors (Lipinski definition) is 2. The van der Waals surface area contributed by atoms with Crippen LogP contribution in [0.2, 0.25) is 0 Å². The van der Waals surface area contributed by atoms with Crippen molar-refractivity contribution in [3.8, 4) is 0 Å². The van der Waals surface area contributed by atoms with Gasteiger partial charge in [0.15, 0.2) is 0 Å². The number of aromatic amines is 1. The molecule has 0 fully saturated rings. The van der Waals surface area contributed by atoms with Crippen LogP contribution in [0.25, 0.3) is 11.0 Å². The molecule has 11 heavy (non-hydrogen) atoms. The number of fused-ring (bicyclic) bond motifs is 1. The highest BCUT2D eigenvalue weighted by atomic mass is 32.1. The molecule has 0 aliphatic heterocycles. The van der Waals surface area contributed by atoms with Crippen molar-refractivity contribution in [1.29, 1.82) is 0 Å². The molecule has 1 heterocycles.